The molecule has 0 radical (unpaired) electrons. The first-order chi connectivity index (χ1) is 13.2. The van der Waals surface area contributed by atoms with Crippen molar-refractivity contribution in [3.63, 3.8) is 0 Å². The quantitative estimate of drug-likeness (QED) is 0.406. The first-order valence-corrected chi connectivity index (χ1v) is 11.2. The van der Waals surface area contributed by atoms with E-state index in [-0.39, 0.29) is 16.5 Å². The van der Waals surface area contributed by atoms with Crippen molar-refractivity contribution in [3.8, 4) is 0 Å². The maximum Gasteiger partial charge on any atom is 0.261 e. The summed E-state index contributed by atoms with van der Waals surface area (Å²) in [6, 6.07) is 17.4. The van der Waals surface area contributed by atoms with Crippen LogP contribution in [0.5, 0.6) is 0 Å². The number of hydrogen-bond acceptors (Lipinski definition) is 3. The maximum absolute atomic E-state index is 12.5. The van der Waals surface area contributed by atoms with E-state index in [0.29, 0.717) is 21.3 Å². The van der Waals surface area contributed by atoms with Gasteiger partial charge in [-0.15, -0.1) is 0 Å². The molecule has 28 heavy (non-hydrogen) atoms. The van der Waals surface area contributed by atoms with Crippen LogP contribution in [0.2, 0.25) is 10.0 Å². The Morgan fingerprint density at radius 3 is 1.96 bits per heavy atom. The van der Waals surface area contributed by atoms with Crippen molar-refractivity contribution in [2.75, 3.05) is 10.0 Å². The minimum Gasteiger partial charge on any atom is -0.322 e. The molecule has 0 atom stereocenters. The average molecular weight is 547 g/mol. The monoisotopic (exact) mass is 546 g/mol. The number of rotatable bonds is 5. The molecule has 0 heterocycles. The van der Waals surface area contributed by atoms with Crippen molar-refractivity contribution >= 4 is 73.1 Å². The Balaban J connectivity index is 1.73. The first kappa shape index (κ1) is 20.9. The Kier molecular flexibility index (Phi) is 6.49. The average Bonchev–Trinajstić information content (AvgIpc) is 2.61. The molecular weight excluding hydrogens is 534 g/mol. The molecule has 0 aliphatic rings. The van der Waals surface area contributed by atoms with E-state index in [4.69, 9.17) is 23.2 Å². The van der Waals surface area contributed by atoms with Crippen LogP contribution in [0.25, 0.3) is 0 Å². The third kappa shape index (κ3) is 5.38. The van der Waals surface area contributed by atoms with E-state index in [1.807, 2.05) is 12.1 Å². The summed E-state index contributed by atoms with van der Waals surface area (Å²) in [4.78, 5) is 12.3. The molecule has 144 valence electrons. The lowest BCUT2D eigenvalue weighted by atomic mass is 10.2. The summed E-state index contributed by atoms with van der Waals surface area (Å²) in [5.74, 6) is -0.279. The molecule has 0 saturated carbocycles. The van der Waals surface area contributed by atoms with Gasteiger partial charge in [-0.3, -0.25) is 9.52 Å². The minimum absolute atomic E-state index is 0.0378. The van der Waals surface area contributed by atoms with E-state index in [0.717, 1.165) is 3.57 Å². The van der Waals surface area contributed by atoms with Gasteiger partial charge in [-0.05, 0) is 89.3 Å². The molecule has 3 aromatic rings. The molecule has 0 aliphatic carbocycles. The third-order valence-electron chi connectivity index (χ3n) is 3.64. The van der Waals surface area contributed by atoms with Crippen molar-refractivity contribution in [1.29, 1.82) is 0 Å². The molecule has 0 bridgehead atoms. The summed E-state index contributed by atoms with van der Waals surface area (Å²) in [7, 11) is -3.83. The van der Waals surface area contributed by atoms with E-state index in [1.165, 1.54) is 42.5 Å². The molecule has 5 nitrogen and oxygen atoms in total. The highest BCUT2D eigenvalue weighted by Gasteiger charge is 2.15. The number of nitrogens with one attached hydrogen (secondary N) is 2. The molecule has 0 aliphatic heterocycles. The largest absolute Gasteiger partial charge is 0.322 e. The second-order valence-electron chi connectivity index (χ2n) is 5.75. The second kappa shape index (κ2) is 8.69. The Hall–Kier alpha value is -1.81. The third-order valence-corrected chi connectivity index (χ3v) is 6.20. The standard InChI is InChI=1S/C19H13Cl2IN2O3S/c20-13-9-14(21)11-17(10-13)24-28(26,27)18-7-5-16(6-8-18)23-19(25)12-1-3-15(22)4-2-12/h1-11,24H,(H,23,25). The molecule has 0 aromatic heterocycles. The molecule has 3 rings (SSSR count). The van der Waals surface area contributed by atoms with Gasteiger partial charge in [0.2, 0.25) is 0 Å². The van der Waals surface area contributed by atoms with Crippen LogP contribution >= 0.6 is 45.8 Å². The number of carbonyl (C=O) groups is 1. The number of hydrogen-bond donors (Lipinski definition) is 2. The number of anilines is 2. The van der Waals surface area contributed by atoms with Crippen LogP contribution in [0.3, 0.4) is 0 Å². The molecule has 0 fully saturated rings. The van der Waals surface area contributed by atoms with Crippen LogP contribution in [0.1, 0.15) is 10.4 Å². The Morgan fingerprint density at radius 2 is 1.39 bits per heavy atom. The topological polar surface area (TPSA) is 75.3 Å². The van der Waals surface area contributed by atoms with Crippen LogP contribution in [0.15, 0.2) is 71.6 Å². The van der Waals surface area contributed by atoms with E-state index < -0.39 is 10.0 Å². The van der Waals surface area contributed by atoms with E-state index in [9.17, 15) is 13.2 Å². The smallest absolute Gasteiger partial charge is 0.261 e. The minimum atomic E-state index is -3.83. The lowest BCUT2D eigenvalue weighted by Gasteiger charge is -2.10. The van der Waals surface area contributed by atoms with E-state index in [2.05, 4.69) is 32.6 Å². The fourth-order valence-corrected chi connectivity index (χ4v) is 4.27. The summed E-state index contributed by atoms with van der Waals surface area (Å²) in [6.07, 6.45) is 0. The van der Waals surface area contributed by atoms with Crippen molar-refractivity contribution in [3.05, 3.63) is 85.9 Å². The summed E-state index contributed by atoms with van der Waals surface area (Å²) in [6.45, 7) is 0. The predicted molar refractivity (Wildman–Crippen MR) is 121 cm³/mol. The summed E-state index contributed by atoms with van der Waals surface area (Å²) in [5.41, 5.74) is 1.25. The van der Waals surface area contributed by atoms with Crippen LogP contribution in [-0.2, 0) is 10.0 Å². The van der Waals surface area contributed by atoms with Crippen LogP contribution in [0.4, 0.5) is 11.4 Å². The fourth-order valence-electron chi connectivity index (χ4n) is 2.35. The van der Waals surface area contributed by atoms with Gasteiger partial charge in [-0.2, -0.15) is 0 Å². The Bertz CT molecular complexity index is 1100. The van der Waals surface area contributed by atoms with Gasteiger partial charge in [0.15, 0.2) is 0 Å². The highest BCUT2D eigenvalue weighted by Crippen LogP contribution is 2.25. The number of sulfonamides is 1. The summed E-state index contributed by atoms with van der Waals surface area (Å²) < 4.78 is 28.5. The van der Waals surface area contributed by atoms with Gasteiger partial charge in [0.1, 0.15) is 0 Å². The zero-order valence-corrected chi connectivity index (χ0v) is 18.6. The van der Waals surface area contributed by atoms with Crippen molar-refractivity contribution in [2.24, 2.45) is 0 Å². The van der Waals surface area contributed by atoms with Gasteiger partial charge in [-0.1, -0.05) is 23.2 Å². The van der Waals surface area contributed by atoms with E-state index in [1.54, 1.807) is 12.1 Å². The summed E-state index contributed by atoms with van der Waals surface area (Å²) >= 11 is 13.9. The lowest BCUT2D eigenvalue weighted by Crippen LogP contribution is -2.14. The van der Waals surface area contributed by atoms with Gasteiger partial charge >= 0.3 is 0 Å². The zero-order chi connectivity index (χ0) is 20.3. The second-order valence-corrected chi connectivity index (χ2v) is 9.55. The zero-order valence-electron chi connectivity index (χ0n) is 14.1. The van der Waals surface area contributed by atoms with Crippen molar-refractivity contribution < 1.29 is 13.2 Å². The van der Waals surface area contributed by atoms with Gasteiger partial charge in [0, 0.05) is 24.9 Å². The van der Waals surface area contributed by atoms with Gasteiger partial charge in [0.05, 0.1) is 10.6 Å². The van der Waals surface area contributed by atoms with Crippen LogP contribution in [0, 0.1) is 3.57 Å². The molecule has 1 amide bonds. The van der Waals surface area contributed by atoms with Gasteiger partial charge in [-0.25, -0.2) is 8.42 Å². The van der Waals surface area contributed by atoms with E-state index >= 15 is 0 Å². The molecule has 0 spiro atoms. The molecule has 0 unspecified atom stereocenters. The highest BCUT2D eigenvalue weighted by atomic mass is 127. The molecule has 2 N–H and O–H groups in total. The number of carbonyl (C=O) groups excluding carboxylic acids is 1. The first-order valence-electron chi connectivity index (χ1n) is 7.89. The Morgan fingerprint density at radius 1 is 0.821 bits per heavy atom. The lowest BCUT2D eigenvalue weighted by molar-refractivity contribution is 0.102. The number of benzene rings is 3. The predicted octanol–water partition coefficient (Wildman–Crippen LogP) is 5.65. The molecule has 9 heteroatoms. The van der Waals surface area contributed by atoms with Crippen molar-refractivity contribution in [1.82, 2.24) is 0 Å². The Labute approximate surface area is 186 Å². The normalized spacial score (nSPS) is 11.1. The molecular formula is C19H13Cl2IN2O3S. The highest BCUT2D eigenvalue weighted by molar-refractivity contribution is 14.1. The van der Waals surface area contributed by atoms with Crippen molar-refractivity contribution in [2.45, 2.75) is 4.90 Å². The SMILES string of the molecule is O=C(Nc1ccc(S(=O)(=O)Nc2cc(Cl)cc(Cl)c2)cc1)c1ccc(I)cc1. The van der Waals surface area contributed by atoms with Gasteiger partial charge in [0.25, 0.3) is 15.9 Å². The molecule has 0 saturated heterocycles. The number of halogens is 3. The number of amides is 1. The van der Waals surface area contributed by atoms with Crippen LogP contribution in [-0.4, -0.2) is 14.3 Å². The summed E-state index contributed by atoms with van der Waals surface area (Å²) in [5, 5.41) is 3.37. The molecule has 3 aromatic carbocycles. The maximum atomic E-state index is 12.5. The fraction of sp³-hybridized carbons (Fsp3) is 0. The van der Waals surface area contributed by atoms with Gasteiger partial charge < -0.3 is 5.32 Å². The van der Waals surface area contributed by atoms with Crippen LogP contribution < -0.4 is 10.0 Å².